The fourth-order valence-electron chi connectivity index (χ4n) is 4.82. The van der Waals surface area contributed by atoms with E-state index in [1.165, 1.54) is 41.0 Å². The third kappa shape index (κ3) is 5.05. The van der Waals surface area contributed by atoms with Crippen LogP contribution >= 0.6 is 0 Å². The van der Waals surface area contributed by atoms with Gasteiger partial charge in [0.05, 0.1) is 23.4 Å². The summed E-state index contributed by atoms with van der Waals surface area (Å²) in [6, 6.07) is 10.3. The smallest absolute Gasteiger partial charge is 0.416 e. The van der Waals surface area contributed by atoms with Crippen LogP contribution in [0.1, 0.15) is 71.6 Å². The number of benzene rings is 2. The Labute approximate surface area is 219 Å². The number of nitrogens with one attached hydrogen (secondary N) is 2. The molecule has 0 spiro atoms. The number of rotatable bonds is 6. The van der Waals surface area contributed by atoms with Crippen LogP contribution in [0.3, 0.4) is 0 Å². The van der Waals surface area contributed by atoms with Crippen molar-refractivity contribution in [2.75, 3.05) is 0 Å². The fraction of sp³-hybridized carbons (Fsp3) is 0.222. The lowest BCUT2D eigenvalue weighted by Crippen LogP contribution is -2.30. The van der Waals surface area contributed by atoms with Crippen LogP contribution in [-0.4, -0.2) is 37.5 Å². The van der Waals surface area contributed by atoms with Crippen LogP contribution in [0.15, 0.2) is 54.7 Å². The van der Waals surface area contributed by atoms with Crippen LogP contribution in [-0.2, 0) is 19.1 Å². The number of aromatic carboxylic acids is 1. The third-order valence-electron chi connectivity index (χ3n) is 6.76. The van der Waals surface area contributed by atoms with E-state index in [-0.39, 0.29) is 40.7 Å². The molecule has 12 heteroatoms. The van der Waals surface area contributed by atoms with Crippen LogP contribution in [0.5, 0.6) is 0 Å². The Bertz CT molecular complexity index is 1630. The van der Waals surface area contributed by atoms with E-state index in [9.17, 15) is 32.7 Å². The predicted octanol–water partition coefficient (Wildman–Crippen LogP) is 4.10. The number of hydrogen-bond donors (Lipinski definition) is 3. The zero-order chi connectivity index (χ0) is 27.9. The number of halogens is 3. The first-order valence-electron chi connectivity index (χ1n) is 12.0. The summed E-state index contributed by atoms with van der Waals surface area (Å²) in [4.78, 5) is 41.9. The van der Waals surface area contributed by atoms with Gasteiger partial charge in [-0.15, -0.1) is 0 Å². The number of fused-ring (bicyclic) bond motifs is 2. The van der Waals surface area contributed by atoms with Gasteiger partial charge in [-0.3, -0.25) is 9.59 Å². The van der Waals surface area contributed by atoms with Crippen molar-refractivity contribution in [1.82, 2.24) is 25.2 Å². The maximum Gasteiger partial charge on any atom is 0.416 e. The highest BCUT2D eigenvalue weighted by Crippen LogP contribution is 2.35. The van der Waals surface area contributed by atoms with Gasteiger partial charge in [-0.25, -0.2) is 14.3 Å². The van der Waals surface area contributed by atoms with E-state index in [2.05, 4.69) is 20.7 Å². The van der Waals surface area contributed by atoms with Gasteiger partial charge < -0.3 is 15.7 Å². The second-order valence-corrected chi connectivity index (χ2v) is 9.18. The zero-order valence-electron chi connectivity index (χ0n) is 20.5. The van der Waals surface area contributed by atoms with E-state index >= 15 is 0 Å². The van der Waals surface area contributed by atoms with Crippen molar-refractivity contribution < 1.29 is 32.7 Å². The SMILES string of the molecule is Cc1c(C(=O)O)ccc2c1CC[C@@H]2NC(=O)c1cc(C(=O)NCc2cccc(C(F)(F)F)c2)nc2ccnn12. The van der Waals surface area contributed by atoms with Crippen LogP contribution in [0.2, 0.25) is 0 Å². The molecule has 0 bridgehead atoms. The minimum absolute atomic E-state index is 0.0431. The molecular weight excluding hydrogens is 515 g/mol. The maximum atomic E-state index is 13.3. The van der Waals surface area contributed by atoms with E-state index in [1.54, 1.807) is 13.0 Å². The van der Waals surface area contributed by atoms with E-state index < -0.39 is 29.5 Å². The molecule has 5 rings (SSSR count). The number of aromatic nitrogens is 3. The molecule has 200 valence electrons. The normalized spacial score (nSPS) is 14.7. The molecule has 1 aliphatic carbocycles. The number of carbonyl (C=O) groups is 3. The number of carbonyl (C=O) groups excluding carboxylic acids is 2. The summed E-state index contributed by atoms with van der Waals surface area (Å²) in [5, 5.41) is 19.0. The van der Waals surface area contributed by atoms with Crippen LogP contribution in [0, 0.1) is 6.92 Å². The highest BCUT2D eigenvalue weighted by atomic mass is 19.4. The van der Waals surface area contributed by atoms with Gasteiger partial charge in [0, 0.05) is 18.7 Å². The molecule has 2 heterocycles. The van der Waals surface area contributed by atoms with E-state index in [1.807, 2.05) is 0 Å². The minimum atomic E-state index is -4.51. The zero-order valence-corrected chi connectivity index (χ0v) is 20.5. The highest BCUT2D eigenvalue weighted by Gasteiger charge is 2.31. The van der Waals surface area contributed by atoms with Crippen molar-refractivity contribution in [3.8, 4) is 0 Å². The molecule has 0 saturated carbocycles. The van der Waals surface area contributed by atoms with Crippen molar-refractivity contribution in [1.29, 1.82) is 0 Å². The van der Waals surface area contributed by atoms with Gasteiger partial charge in [0.2, 0.25) is 0 Å². The second-order valence-electron chi connectivity index (χ2n) is 9.18. The number of carboxylic acids is 1. The molecule has 2 aromatic heterocycles. The summed E-state index contributed by atoms with van der Waals surface area (Å²) in [6.07, 6.45) is -1.91. The quantitative estimate of drug-likeness (QED) is 0.340. The number of hydrogen-bond acceptors (Lipinski definition) is 5. The molecule has 39 heavy (non-hydrogen) atoms. The molecule has 1 atom stereocenters. The number of carboxylic acid groups (broad SMARTS) is 1. The average Bonchev–Trinajstić information content (AvgIpc) is 3.54. The largest absolute Gasteiger partial charge is 0.478 e. The van der Waals surface area contributed by atoms with Gasteiger partial charge in [0.1, 0.15) is 11.4 Å². The monoisotopic (exact) mass is 537 g/mol. The summed E-state index contributed by atoms with van der Waals surface area (Å²) in [5.41, 5.74) is 2.20. The van der Waals surface area contributed by atoms with Crippen molar-refractivity contribution >= 4 is 23.4 Å². The molecular formula is C27H22F3N5O4. The molecule has 0 aliphatic heterocycles. The first-order chi connectivity index (χ1) is 18.5. The Morgan fingerprint density at radius 2 is 1.90 bits per heavy atom. The predicted molar refractivity (Wildman–Crippen MR) is 132 cm³/mol. The summed E-state index contributed by atoms with van der Waals surface area (Å²) in [7, 11) is 0. The lowest BCUT2D eigenvalue weighted by molar-refractivity contribution is -0.137. The van der Waals surface area contributed by atoms with E-state index in [0.717, 1.165) is 23.3 Å². The number of amides is 2. The molecule has 4 aromatic rings. The van der Waals surface area contributed by atoms with Gasteiger partial charge >= 0.3 is 12.1 Å². The summed E-state index contributed by atoms with van der Waals surface area (Å²) >= 11 is 0. The topological polar surface area (TPSA) is 126 Å². The molecule has 9 nitrogen and oxygen atoms in total. The Morgan fingerprint density at radius 1 is 1.10 bits per heavy atom. The highest BCUT2D eigenvalue weighted by molar-refractivity contribution is 5.98. The van der Waals surface area contributed by atoms with Crippen LogP contribution < -0.4 is 10.6 Å². The third-order valence-corrected chi connectivity index (χ3v) is 6.76. The van der Waals surface area contributed by atoms with Gasteiger partial charge in [-0.1, -0.05) is 18.2 Å². The van der Waals surface area contributed by atoms with E-state index in [0.29, 0.717) is 18.4 Å². The maximum absolute atomic E-state index is 13.3. The number of alkyl halides is 3. The Hall–Kier alpha value is -4.74. The van der Waals surface area contributed by atoms with Crippen molar-refractivity contribution in [2.24, 2.45) is 0 Å². The molecule has 0 fully saturated rings. The van der Waals surface area contributed by atoms with Crippen molar-refractivity contribution in [2.45, 2.75) is 38.5 Å². The summed E-state index contributed by atoms with van der Waals surface area (Å²) < 4.78 is 40.3. The van der Waals surface area contributed by atoms with Crippen molar-refractivity contribution in [3.05, 3.63) is 99.5 Å². The van der Waals surface area contributed by atoms with Gasteiger partial charge in [-0.2, -0.15) is 18.3 Å². The van der Waals surface area contributed by atoms with Crippen LogP contribution in [0.4, 0.5) is 13.2 Å². The summed E-state index contributed by atoms with van der Waals surface area (Å²) in [5.74, 6) is -2.21. The first-order valence-corrected chi connectivity index (χ1v) is 12.0. The Morgan fingerprint density at radius 3 is 2.64 bits per heavy atom. The molecule has 0 radical (unpaired) electrons. The van der Waals surface area contributed by atoms with E-state index in [4.69, 9.17) is 0 Å². The van der Waals surface area contributed by atoms with Gasteiger partial charge in [0.25, 0.3) is 11.8 Å². The van der Waals surface area contributed by atoms with Crippen molar-refractivity contribution in [3.63, 3.8) is 0 Å². The lowest BCUT2D eigenvalue weighted by Gasteiger charge is -2.16. The lowest BCUT2D eigenvalue weighted by atomic mass is 9.98. The fourth-order valence-corrected chi connectivity index (χ4v) is 4.82. The molecule has 0 saturated heterocycles. The van der Waals surface area contributed by atoms with Gasteiger partial charge in [-0.05, 0) is 60.2 Å². The van der Waals surface area contributed by atoms with Gasteiger partial charge in [0.15, 0.2) is 5.65 Å². The molecule has 1 aliphatic rings. The minimum Gasteiger partial charge on any atom is -0.478 e. The molecule has 3 N–H and O–H groups in total. The average molecular weight is 537 g/mol. The summed E-state index contributed by atoms with van der Waals surface area (Å²) in [6.45, 7) is 1.57. The number of nitrogens with zero attached hydrogens (tertiary/aromatic N) is 3. The molecule has 0 unspecified atom stereocenters. The Kier molecular flexibility index (Phi) is 6.54. The standard InChI is InChI=1S/C27H22F3N5O4/c1-14-17-7-8-20(19(17)6-5-18(14)26(38)39)34-25(37)22-12-21(33-23-9-10-32-35(22)23)24(36)31-13-15-3-2-4-16(11-15)27(28,29)30/h2-6,9-12,20H,7-8,13H2,1H3,(H,31,36)(H,34,37)(H,38,39)/t20-/m0/s1. The first kappa shape index (κ1) is 25.9. The molecule has 2 amide bonds. The van der Waals surface area contributed by atoms with Crippen LogP contribution in [0.25, 0.3) is 5.65 Å². The molecule has 2 aromatic carbocycles. The second kappa shape index (κ2) is 9.86. The Balaban J connectivity index is 1.36.